The number of hydrogen-bond donors (Lipinski definition) is 1. The third-order valence-electron chi connectivity index (χ3n) is 5.78. The highest BCUT2D eigenvalue weighted by molar-refractivity contribution is 7.99. The highest BCUT2D eigenvalue weighted by atomic mass is 32.2. The van der Waals surface area contributed by atoms with Crippen LogP contribution in [0.3, 0.4) is 0 Å². The first-order valence-electron chi connectivity index (χ1n) is 9.27. The minimum Gasteiger partial charge on any atom is -0.399 e. The molecule has 3 aliphatic rings. The van der Waals surface area contributed by atoms with Crippen molar-refractivity contribution in [1.82, 2.24) is 4.90 Å². The van der Waals surface area contributed by atoms with E-state index in [4.69, 9.17) is 5.73 Å². The van der Waals surface area contributed by atoms with Gasteiger partial charge < -0.3 is 15.5 Å². The largest absolute Gasteiger partial charge is 0.399 e. The molecular weight excluding hydrogens is 318 g/mol. The van der Waals surface area contributed by atoms with Gasteiger partial charge >= 0.3 is 0 Å². The second kappa shape index (κ2) is 6.87. The van der Waals surface area contributed by atoms with Crippen LogP contribution >= 0.6 is 11.8 Å². The molecule has 1 aromatic rings. The van der Waals surface area contributed by atoms with Crippen LogP contribution in [-0.2, 0) is 4.79 Å². The third kappa shape index (κ3) is 3.23. The van der Waals surface area contributed by atoms with E-state index in [-0.39, 0.29) is 0 Å². The van der Waals surface area contributed by atoms with Crippen LogP contribution in [0.25, 0.3) is 0 Å². The van der Waals surface area contributed by atoms with Crippen LogP contribution in [0.4, 0.5) is 11.4 Å². The van der Waals surface area contributed by atoms with E-state index in [1.165, 1.54) is 36.3 Å². The van der Waals surface area contributed by atoms with Gasteiger partial charge in [-0.1, -0.05) is 12.8 Å². The molecule has 1 aromatic carbocycles. The van der Waals surface area contributed by atoms with Gasteiger partial charge in [-0.2, -0.15) is 0 Å². The SMILES string of the molecule is Nc1ccc2c(c1)SCCN2C1CCN(C(=O)CC2CCCC2)C1. The number of nitrogens with zero attached hydrogens (tertiary/aromatic N) is 2. The van der Waals surface area contributed by atoms with E-state index in [0.717, 1.165) is 43.9 Å². The van der Waals surface area contributed by atoms with Gasteiger partial charge in [0.2, 0.25) is 5.91 Å². The molecule has 1 saturated carbocycles. The van der Waals surface area contributed by atoms with E-state index in [1.807, 2.05) is 17.8 Å². The van der Waals surface area contributed by atoms with Crippen LogP contribution in [0.5, 0.6) is 0 Å². The maximum atomic E-state index is 12.6. The Morgan fingerprint density at radius 3 is 2.88 bits per heavy atom. The molecule has 2 fully saturated rings. The summed E-state index contributed by atoms with van der Waals surface area (Å²) in [5, 5.41) is 0. The maximum Gasteiger partial charge on any atom is 0.222 e. The van der Waals surface area contributed by atoms with Crippen molar-refractivity contribution in [3.05, 3.63) is 18.2 Å². The molecule has 0 spiro atoms. The number of thioether (sulfide) groups is 1. The standard InChI is InChI=1S/C19H27N3OS/c20-15-5-6-17-18(12-15)24-10-9-22(17)16-7-8-21(13-16)19(23)11-14-3-1-2-4-14/h5-6,12,14,16H,1-4,7-11,13,20H2. The van der Waals surface area contributed by atoms with Crippen molar-refractivity contribution < 1.29 is 4.79 Å². The molecule has 2 aliphatic heterocycles. The monoisotopic (exact) mass is 345 g/mol. The quantitative estimate of drug-likeness (QED) is 0.854. The van der Waals surface area contributed by atoms with Gasteiger partial charge in [0.25, 0.3) is 0 Å². The molecule has 2 heterocycles. The predicted octanol–water partition coefficient (Wildman–Crippen LogP) is 3.36. The molecule has 1 saturated heterocycles. The van der Waals surface area contributed by atoms with Crippen molar-refractivity contribution >= 4 is 29.0 Å². The predicted molar refractivity (Wildman–Crippen MR) is 100 cm³/mol. The smallest absolute Gasteiger partial charge is 0.222 e. The number of hydrogen-bond acceptors (Lipinski definition) is 4. The fourth-order valence-corrected chi connectivity index (χ4v) is 5.51. The minimum absolute atomic E-state index is 0.383. The molecule has 0 radical (unpaired) electrons. The van der Waals surface area contributed by atoms with Crippen LogP contribution in [0.15, 0.2) is 23.1 Å². The van der Waals surface area contributed by atoms with E-state index < -0.39 is 0 Å². The lowest BCUT2D eigenvalue weighted by atomic mass is 10.0. The summed E-state index contributed by atoms with van der Waals surface area (Å²) in [4.78, 5) is 18.5. The number of carbonyl (C=O) groups excluding carboxylic acids is 1. The summed E-state index contributed by atoms with van der Waals surface area (Å²) >= 11 is 1.89. The van der Waals surface area contributed by atoms with Gasteiger partial charge in [-0.15, -0.1) is 11.8 Å². The molecule has 1 aliphatic carbocycles. The number of rotatable bonds is 3. The number of benzene rings is 1. The normalized spacial score (nSPS) is 24.4. The Balaban J connectivity index is 1.41. The highest BCUT2D eigenvalue weighted by Crippen LogP contribution is 2.38. The zero-order valence-corrected chi connectivity index (χ0v) is 15.1. The number of nitrogen functional groups attached to an aromatic ring is 1. The lowest BCUT2D eigenvalue weighted by Gasteiger charge is -2.36. The number of amides is 1. The molecule has 24 heavy (non-hydrogen) atoms. The Hall–Kier alpha value is -1.36. The fourth-order valence-electron chi connectivity index (χ4n) is 4.45. The molecular formula is C19H27N3OS. The van der Waals surface area contributed by atoms with Gasteiger partial charge in [0, 0.05) is 48.4 Å². The van der Waals surface area contributed by atoms with Gasteiger partial charge in [0.05, 0.1) is 5.69 Å². The van der Waals surface area contributed by atoms with Gasteiger partial charge in [0.1, 0.15) is 0 Å². The summed E-state index contributed by atoms with van der Waals surface area (Å²) in [7, 11) is 0. The molecule has 1 unspecified atom stereocenters. The second-order valence-electron chi connectivity index (χ2n) is 7.41. The number of nitrogens with two attached hydrogens (primary N) is 1. The Morgan fingerprint density at radius 1 is 1.21 bits per heavy atom. The molecule has 5 heteroatoms. The Kier molecular flexibility index (Phi) is 4.61. The molecule has 4 rings (SSSR count). The van der Waals surface area contributed by atoms with Gasteiger partial charge in [-0.25, -0.2) is 0 Å². The number of anilines is 2. The van der Waals surface area contributed by atoms with Crippen LogP contribution in [-0.4, -0.2) is 42.2 Å². The van der Waals surface area contributed by atoms with Gasteiger partial charge in [-0.3, -0.25) is 4.79 Å². The molecule has 0 aromatic heterocycles. The minimum atomic E-state index is 0.383. The summed E-state index contributed by atoms with van der Waals surface area (Å²) in [5.41, 5.74) is 8.07. The van der Waals surface area contributed by atoms with E-state index in [9.17, 15) is 4.79 Å². The Labute approximate surface area is 148 Å². The number of fused-ring (bicyclic) bond motifs is 1. The van der Waals surface area contributed by atoms with Crippen molar-refractivity contribution in [2.24, 2.45) is 5.92 Å². The molecule has 130 valence electrons. The van der Waals surface area contributed by atoms with Crippen LogP contribution < -0.4 is 10.6 Å². The highest BCUT2D eigenvalue weighted by Gasteiger charge is 2.33. The number of carbonyl (C=O) groups is 1. The Bertz CT molecular complexity index is 615. The first kappa shape index (κ1) is 16.1. The van der Waals surface area contributed by atoms with E-state index >= 15 is 0 Å². The second-order valence-corrected chi connectivity index (χ2v) is 8.54. The summed E-state index contributed by atoms with van der Waals surface area (Å²) in [6, 6.07) is 6.69. The average Bonchev–Trinajstić information content (AvgIpc) is 3.25. The van der Waals surface area contributed by atoms with E-state index in [1.54, 1.807) is 0 Å². The van der Waals surface area contributed by atoms with Crippen LogP contribution in [0.1, 0.15) is 38.5 Å². The summed E-state index contributed by atoms with van der Waals surface area (Å²) in [6.45, 7) is 2.88. The zero-order chi connectivity index (χ0) is 16.5. The lowest BCUT2D eigenvalue weighted by molar-refractivity contribution is -0.131. The fraction of sp³-hybridized carbons (Fsp3) is 0.632. The van der Waals surface area contributed by atoms with Crippen molar-refractivity contribution in [1.29, 1.82) is 0 Å². The van der Waals surface area contributed by atoms with Gasteiger partial charge in [-0.05, 0) is 43.4 Å². The molecule has 1 amide bonds. The van der Waals surface area contributed by atoms with Crippen molar-refractivity contribution in [3.63, 3.8) is 0 Å². The van der Waals surface area contributed by atoms with Crippen LogP contribution in [0, 0.1) is 5.92 Å². The van der Waals surface area contributed by atoms with Crippen molar-refractivity contribution in [2.45, 2.75) is 49.5 Å². The summed E-state index contributed by atoms with van der Waals surface area (Å²) in [5.74, 6) is 2.13. The topological polar surface area (TPSA) is 49.6 Å². The summed E-state index contributed by atoms with van der Waals surface area (Å²) in [6.07, 6.45) is 6.99. The summed E-state index contributed by atoms with van der Waals surface area (Å²) < 4.78 is 0. The van der Waals surface area contributed by atoms with Crippen molar-refractivity contribution in [2.75, 3.05) is 36.0 Å². The molecule has 1 atom stereocenters. The van der Waals surface area contributed by atoms with E-state index in [0.29, 0.717) is 17.9 Å². The molecule has 4 nitrogen and oxygen atoms in total. The van der Waals surface area contributed by atoms with Gasteiger partial charge in [0.15, 0.2) is 0 Å². The lowest BCUT2D eigenvalue weighted by Crippen LogP contribution is -2.42. The zero-order valence-electron chi connectivity index (χ0n) is 14.2. The Morgan fingerprint density at radius 2 is 2.04 bits per heavy atom. The number of likely N-dealkylation sites (tertiary alicyclic amines) is 1. The molecule has 2 N–H and O–H groups in total. The van der Waals surface area contributed by atoms with E-state index in [2.05, 4.69) is 21.9 Å². The first-order chi connectivity index (χ1) is 11.7. The first-order valence-corrected chi connectivity index (χ1v) is 10.3. The van der Waals surface area contributed by atoms with Crippen molar-refractivity contribution in [3.8, 4) is 0 Å². The third-order valence-corrected chi connectivity index (χ3v) is 6.80. The average molecular weight is 346 g/mol. The van der Waals surface area contributed by atoms with Crippen LogP contribution in [0.2, 0.25) is 0 Å². The maximum absolute atomic E-state index is 12.6. The molecule has 0 bridgehead atoms.